The molecule has 0 atom stereocenters. The van der Waals surface area contributed by atoms with Gasteiger partial charge >= 0.3 is 16.4 Å². The zero-order chi connectivity index (χ0) is 11.5. The van der Waals surface area contributed by atoms with Crippen molar-refractivity contribution in [1.29, 1.82) is 0 Å². The summed E-state index contributed by atoms with van der Waals surface area (Å²) < 4.78 is 29.7. The van der Waals surface area contributed by atoms with E-state index in [0.717, 1.165) is 0 Å². The Balaban J connectivity index is 2.86. The molecule has 0 aliphatic heterocycles. The number of hydrogen-bond acceptors (Lipinski definition) is 5. The Morgan fingerprint density at radius 1 is 1.27 bits per heavy atom. The van der Waals surface area contributed by atoms with Crippen LogP contribution in [0.1, 0.15) is 10.4 Å². The lowest BCUT2D eigenvalue weighted by molar-refractivity contribution is -0.636. The van der Waals surface area contributed by atoms with Crippen LogP contribution < -0.4 is 10.1 Å². The Kier molecular flexibility index (Phi) is 3.24. The van der Waals surface area contributed by atoms with Crippen LogP contribution in [0.5, 0.6) is 5.75 Å². The van der Waals surface area contributed by atoms with Gasteiger partial charge < -0.3 is 9.29 Å². The minimum Gasteiger partial charge on any atom is -0.478 e. The van der Waals surface area contributed by atoms with Gasteiger partial charge in [-0.2, -0.15) is 14.3 Å². The summed E-state index contributed by atoms with van der Waals surface area (Å²) >= 11 is 0. The Labute approximate surface area is 85.3 Å². The molecule has 0 bridgehead atoms. The van der Waals surface area contributed by atoms with Crippen LogP contribution in [0.2, 0.25) is 0 Å². The van der Waals surface area contributed by atoms with E-state index in [1.54, 1.807) is 0 Å². The maximum Gasteiger partial charge on any atom is 0.495 e. The molecule has 0 aliphatic carbocycles. The molecule has 0 radical (unpaired) electrons. The van der Waals surface area contributed by atoms with Crippen molar-refractivity contribution < 1.29 is 32.7 Å². The molecule has 1 rings (SSSR count). The SMILES string of the molecule is [NH3+]OS(=O)(=O)Oc1ccc(C(=O)O)cc1. The van der Waals surface area contributed by atoms with Crippen LogP contribution in [-0.2, 0) is 14.7 Å². The fourth-order valence-electron chi connectivity index (χ4n) is 0.795. The first-order chi connectivity index (χ1) is 6.94. The van der Waals surface area contributed by atoms with Crippen LogP contribution in [0.25, 0.3) is 0 Å². The van der Waals surface area contributed by atoms with Crippen LogP contribution >= 0.6 is 0 Å². The highest BCUT2D eigenvalue weighted by molar-refractivity contribution is 7.82. The van der Waals surface area contributed by atoms with E-state index in [1.165, 1.54) is 24.3 Å². The molecule has 0 saturated heterocycles. The van der Waals surface area contributed by atoms with E-state index < -0.39 is 16.4 Å². The quantitative estimate of drug-likeness (QED) is 0.657. The van der Waals surface area contributed by atoms with E-state index in [0.29, 0.717) is 0 Å². The van der Waals surface area contributed by atoms with Crippen LogP contribution in [0.3, 0.4) is 0 Å². The molecule has 8 heteroatoms. The average molecular weight is 234 g/mol. The fourth-order valence-corrected chi connectivity index (χ4v) is 1.19. The normalized spacial score (nSPS) is 11.0. The van der Waals surface area contributed by atoms with E-state index in [9.17, 15) is 13.2 Å². The summed E-state index contributed by atoms with van der Waals surface area (Å²) in [5.74, 6) is 1.53. The summed E-state index contributed by atoms with van der Waals surface area (Å²) in [5.41, 5.74) is 0.0234. The van der Waals surface area contributed by atoms with Gasteiger partial charge in [-0.25, -0.2) is 4.79 Å². The second-order valence-corrected chi connectivity index (χ2v) is 3.66. The number of quaternary nitrogens is 1. The first kappa shape index (κ1) is 11.4. The molecule has 15 heavy (non-hydrogen) atoms. The first-order valence-electron chi connectivity index (χ1n) is 3.66. The van der Waals surface area contributed by atoms with Gasteiger partial charge in [-0.1, -0.05) is 0 Å². The Morgan fingerprint density at radius 3 is 2.20 bits per heavy atom. The predicted octanol–water partition coefficient (Wildman–Crippen LogP) is -0.818. The molecular weight excluding hydrogens is 226 g/mol. The molecule has 0 aliphatic rings. The zero-order valence-corrected chi connectivity index (χ0v) is 8.23. The monoisotopic (exact) mass is 234 g/mol. The molecule has 0 saturated carbocycles. The summed E-state index contributed by atoms with van der Waals surface area (Å²) in [6.45, 7) is 0. The maximum atomic E-state index is 10.8. The molecular formula is C7H8NO6S+. The molecule has 1 aromatic carbocycles. The second kappa shape index (κ2) is 4.26. The molecule has 0 aromatic heterocycles. The van der Waals surface area contributed by atoms with Gasteiger partial charge in [0.1, 0.15) is 5.75 Å². The van der Waals surface area contributed by atoms with Gasteiger partial charge in [-0.15, -0.1) is 0 Å². The summed E-state index contributed by atoms with van der Waals surface area (Å²) in [5, 5.41) is 8.56. The zero-order valence-electron chi connectivity index (χ0n) is 7.41. The minimum absolute atomic E-state index is 0.0234. The number of rotatable bonds is 4. The number of carboxylic acid groups (broad SMARTS) is 1. The smallest absolute Gasteiger partial charge is 0.478 e. The first-order valence-corrected chi connectivity index (χ1v) is 4.99. The van der Waals surface area contributed by atoms with Crippen molar-refractivity contribution >= 4 is 16.4 Å². The van der Waals surface area contributed by atoms with Crippen molar-refractivity contribution in [1.82, 2.24) is 0 Å². The van der Waals surface area contributed by atoms with Gasteiger partial charge in [0.15, 0.2) is 0 Å². The van der Waals surface area contributed by atoms with Crippen molar-refractivity contribution in [3.8, 4) is 5.75 Å². The standard InChI is InChI=1S/C7H7NO6S/c8-14-15(11,12)13-6-3-1-5(2-4-6)7(9)10/h1-4H,8H3/p+1. The topological polar surface area (TPSA) is 118 Å². The van der Waals surface area contributed by atoms with Crippen molar-refractivity contribution in [2.75, 3.05) is 0 Å². The molecule has 4 N–H and O–H groups in total. The van der Waals surface area contributed by atoms with Gasteiger partial charge in [0, 0.05) is 0 Å². The highest BCUT2D eigenvalue weighted by atomic mass is 32.3. The van der Waals surface area contributed by atoms with Crippen LogP contribution in [-0.4, -0.2) is 19.5 Å². The largest absolute Gasteiger partial charge is 0.495 e. The Hall–Kier alpha value is -1.64. The highest BCUT2D eigenvalue weighted by Crippen LogP contribution is 2.14. The lowest BCUT2D eigenvalue weighted by Gasteiger charge is -2.01. The molecule has 0 heterocycles. The summed E-state index contributed by atoms with van der Waals surface area (Å²) in [6, 6.07) is 4.80. The van der Waals surface area contributed by atoms with Gasteiger partial charge in [-0.05, 0) is 28.5 Å². The lowest BCUT2D eigenvalue weighted by atomic mass is 10.2. The van der Waals surface area contributed by atoms with Crippen LogP contribution in [0.15, 0.2) is 24.3 Å². The third-order valence-corrected chi connectivity index (χ3v) is 2.13. The van der Waals surface area contributed by atoms with E-state index >= 15 is 0 Å². The van der Waals surface area contributed by atoms with Gasteiger partial charge in [0.05, 0.1) is 5.56 Å². The third-order valence-electron chi connectivity index (χ3n) is 1.44. The number of carbonyl (C=O) groups is 1. The number of carboxylic acids is 1. The Morgan fingerprint density at radius 2 is 1.80 bits per heavy atom. The van der Waals surface area contributed by atoms with E-state index in [2.05, 4.69) is 14.4 Å². The summed E-state index contributed by atoms with van der Waals surface area (Å²) in [6.07, 6.45) is 0. The van der Waals surface area contributed by atoms with E-state index in [1.807, 2.05) is 0 Å². The minimum atomic E-state index is -4.16. The summed E-state index contributed by atoms with van der Waals surface area (Å²) in [4.78, 5) is 10.5. The molecule has 82 valence electrons. The summed E-state index contributed by atoms with van der Waals surface area (Å²) in [7, 11) is -4.16. The highest BCUT2D eigenvalue weighted by Gasteiger charge is 2.14. The molecule has 0 unspecified atom stereocenters. The van der Waals surface area contributed by atoms with E-state index in [4.69, 9.17) is 5.11 Å². The van der Waals surface area contributed by atoms with Crippen LogP contribution in [0.4, 0.5) is 0 Å². The van der Waals surface area contributed by atoms with Gasteiger partial charge in [-0.3, -0.25) is 0 Å². The third kappa shape index (κ3) is 3.20. The molecule has 0 fully saturated rings. The Bertz CT molecular complexity index is 451. The average Bonchev–Trinajstić information content (AvgIpc) is 2.18. The van der Waals surface area contributed by atoms with Crippen molar-refractivity contribution in [2.24, 2.45) is 0 Å². The molecule has 1 aromatic rings. The lowest BCUT2D eigenvalue weighted by Crippen LogP contribution is -2.52. The van der Waals surface area contributed by atoms with Crippen molar-refractivity contribution in [3.63, 3.8) is 0 Å². The predicted molar refractivity (Wildman–Crippen MR) is 46.9 cm³/mol. The van der Waals surface area contributed by atoms with E-state index in [-0.39, 0.29) is 11.3 Å². The van der Waals surface area contributed by atoms with Gasteiger partial charge in [0.2, 0.25) is 0 Å². The molecule has 0 amide bonds. The number of hydrogen-bond donors (Lipinski definition) is 2. The maximum absolute atomic E-state index is 10.8. The molecule has 7 nitrogen and oxygen atoms in total. The number of benzene rings is 1. The van der Waals surface area contributed by atoms with Crippen molar-refractivity contribution in [3.05, 3.63) is 29.8 Å². The second-order valence-electron chi connectivity index (χ2n) is 2.44. The van der Waals surface area contributed by atoms with Crippen molar-refractivity contribution in [2.45, 2.75) is 0 Å². The van der Waals surface area contributed by atoms with Gasteiger partial charge in [0.25, 0.3) is 0 Å². The number of aromatic carboxylic acids is 1. The van der Waals surface area contributed by atoms with Crippen LogP contribution in [0, 0.1) is 0 Å². The molecule has 0 spiro atoms. The fraction of sp³-hybridized carbons (Fsp3) is 0.